The van der Waals surface area contributed by atoms with Crippen LogP contribution in [0.2, 0.25) is 5.15 Å². The van der Waals surface area contributed by atoms with Gasteiger partial charge in [0.05, 0.1) is 0 Å². The molecule has 0 bridgehead atoms. The minimum absolute atomic E-state index is 0.507. The summed E-state index contributed by atoms with van der Waals surface area (Å²) < 4.78 is 1.08. The lowest BCUT2D eigenvalue weighted by Crippen LogP contribution is -2.05. The van der Waals surface area contributed by atoms with Gasteiger partial charge >= 0.3 is 0 Å². The second kappa shape index (κ2) is 6.10. The summed E-state index contributed by atoms with van der Waals surface area (Å²) in [7, 11) is 0. The van der Waals surface area contributed by atoms with Crippen molar-refractivity contribution in [3.63, 3.8) is 0 Å². The monoisotopic (exact) mass is 351 g/mol. The molecule has 104 valence electrons. The first kappa shape index (κ1) is 13.8. The Morgan fingerprint density at radius 2 is 2.10 bits per heavy atom. The molecule has 1 heterocycles. The lowest BCUT2D eigenvalue weighted by Gasteiger charge is -2.08. The van der Waals surface area contributed by atoms with Crippen LogP contribution in [0.5, 0.6) is 0 Å². The van der Waals surface area contributed by atoms with Crippen LogP contribution in [0.15, 0.2) is 34.8 Å². The normalized spacial score (nSPS) is 14.3. The van der Waals surface area contributed by atoms with Crippen LogP contribution in [-0.2, 0) is 13.0 Å². The zero-order valence-corrected chi connectivity index (χ0v) is 13.3. The van der Waals surface area contributed by atoms with Crippen LogP contribution in [-0.4, -0.2) is 9.97 Å². The molecule has 0 saturated heterocycles. The number of nitrogens with one attached hydrogen (secondary N) is 1. The van der Waals surface area contributed by atoms with Crippen LogP contribution in [0.25, 0.3) is 0 Å². The summed E-state index contributed by atoms with van der Waals surface area (Å²) in [5, 5.41) is 3.81. The summed E-state index contributed by atoms with van der Waals surface area (Å²) in [4.78, 5) is 8.82. The Morgan fingerprint density at radius 3 is 2.85 bits per heavy atom. The lowest BCUT2D eigenvalue weighted by molar-refractivity contribution is 0.770. The van der Waals surface area contributed by atoms with Gasteiger partial charge in [0, 0.05) is 23.5 Å². The van der Waals surface area contributed by atoms with Crippen molar-refractivity contribution >= 4 is 33.3 Å². The van der Waals surface area contributed by atoms with Gasteiger partial charge in [-0.05, 0) is 36.5 Å². The van der Waals surface area contributed by atoms with Gasteiger partial charge < -0.3 is 5.32 Å². The van der Waals surface area contributed by atoms with E-state index in [9.17, 15) is 0 Å². The smallest absolute Gasteiger partial charge is 0.134 e. The average molecular weight is 353 g/mol. The van der Waals surface area contributed by atoms with Gasteiger partial charge in [-0.1, -0.05) is 39.7 Å². The highest BCUT2D eigenvalue weighted by Gasteiger charge is 2.23. The number of hydrogen-bond acceptors (Lipinski definition) is 3. The maximum absolute atomic E-state index is 6.06. The zero-order valence-electron chi connectivity index (χ0n) is 10.9. The van der Waals surface area contributed by atoms with Gasteiger partial charge in [-0.3, -0.25) is 0 Å². The molecule has 0 amide bonds. The molecular formula is C15H15BrClN3. The molecule has 1 aromatic carbocycles. The third-order valence-electron chi connectivity index (χ3n) is 3.27. The summed E-state index contributed by atoms with van der Waals surface area (Å²) in [5.74, 6) is 2.39. The van der Waals surface area contributed by atoms with Crippen molar-refractivity contribution in [2.24, 2.45) is 5.92 Å². The SMILES string of the molecule is Clc1cc(NCc2cccc(Br)c2)nc(CC2CC2)n1. The quantitative estimate of drug-likeness (QED) is 0.807. The third kappa shape index (κ3) is 3.93. The maximum atomic E-state index is 6.06. The number of halogens is 2. The van der Waals surface area contributed by atoms with Crippen LogP contribution in [0.4, 0.5) is 5.82 Å². The molecule has 20 heavy (non-hydrogen) atoms. The fourth-order valence-corrected chi connectivity index (χ4v) is 2.71. The fourth-order valence-electron chi connectivity index (χ4n) is 2.07. The molecule has 1 fully saturated rings. The van der Waals surface area contributed by atoms with Gasteiger partial charge in [0.1, 0.15) is 16.8 Å². The number of anilines is 1. The highest BCUT2D eigenvalue weighted by molar-refractivity contribution is 9.10. The van der Waals surface area contributed by atoms with E-state index in [0.717, 1.165) is 35.0 Å². The van der Waals surface area contributed by atoms with Crippen molar-refractivity contribution in [2.75, 3.05) is 5.32 Å². The van der Waals surface area contributed by atoms with Crippen LogP contribution in [0.1, 0.15) is 24.2 Å². The topological polar surface area (TPSA) is 37.8 Å². The summed E-state index contributed by atoms with van der Waals surface area (Å²) in [6, 6.07) is 9.97. The molecule has 0 atom stereocenters. The second-order valence-electron chi connectivity index (χ2n) is 5.12. The van der Waals surface area contributed by atoms with E-state index < -0.39 is 0 Å². The van der Waals surface area contributed by atoms with Crippen LogP contribution < -0.4 is 5.32 Å². The van der Waals surface area contributed by atoms with Gasteiger partial charge in [-0.15, -0.1) is 0 Å². The van der Waals surface area contributed by atoms with Crippen molar-refractivity contribution < 1.29 is 0 Å². The number of benzene rings is 1. The number of nitrogens with zero attached hydrogens (tertiary/aromatic N) is 2. The Morgan fingerprint density at radius 1 is 1.25 bits per heavy atom. The van der Waals surface area contributed by atoms with Crippen molar-refractivity contribution in [3.05, 3.63) is 51.3 Å². The van der Waals surface area contributed by atoms with Crippen molar-refractivity contribution in [1.29, 1.82) is 0 Å². The van der Waals surface area contributed by atoms with Gasteiger partial charge in [0.2, 0.25) is 0 Å². The summed E-state index contributed by atoms with van der Waals surface area (Å²) in [5.41, 5.74) is 1.19. The van der Waals surface area contributed by atoms with Gasteiger partial charge in [0.15, 0.2) is 0 Å². The van der Waals surface area contributed by atoms with E-state index in [1.165, 1.54) is 18.4 Å². The Kier molecular flexibility index (Phi) is 4.22. The molecule has 5 heteroatoms. The van der Waals surface area contributed by atoms with Crippen molar-refractivity contribution in [3.8, 4) is 0 Å². The summed E-state index contributed by atoms with van der Waals surface area (Å²) in [6.07, 6.45) is 3.51. The highest BCUT2D eigenvalue weighted by Crippen LogP contribution is 2.32. The molecule has 0 radical (unpaired) electrons. The molecular weight excluding hydrogens is 338 g/mol. The Labute approximate surface area is 131 Å². The molecule has 3 nitrogen and oxygen atoms in total. The maximum Gasteiger partial charge on any atom is 0.134 e. The fraction of sp³-hybridized carbons (Fsp3) is 0.333. The van der Waals surface area contributed by atoms with E-state index in [4.69, 9.17) is 11.6 Å². The Hall–Kier alpha value is -1.13. The van der Waals surface area contributed by atoms with Crippen LogP contribution >= 0.6 is 27.5 Å². The predicted molar refractivity (Wildman–Crippen MR) is 84.9 cm³/mol. The number of aromatic nitrogens is 2. The standard InChI is InChI=1S/C15H15BrClN3/c16-12-3-1-2-11(6-12)9-18-14-8-13(17)19-15(20-14)7-10-4-5-10/h1-3,6,8,10H,4-5,7,9H2,(H,18,19,20). The zero-order chi connectivity index (χ0) is 13.9. The van der Waals surface area contributed by atoms with E-state index >= 15 is 0 Å². The number of hydrogen-bond donors (Lipinski definition) is 1. The molecule has 1 aliphatic rings. The summed E-state index contributed by atoms with van der Waals surface area (Å²) >= 11 is 9.53. The predicted octanol–water partition coefficient (Wildman–Crippen LogP) is 4.46. The first-order valence-corrected chi connectivity index (χ1v) is 7.88. The first-order valence-electron chi connectivity index (χ1n) is 6.71. The van der Waals surface area contributed by atoms with Gasteiger partial charge in [-0.25, -0.2) is 9.97 Å². The molecule has 0 unspecified atom stereocenters. The van der Waals surface area contributed by atoms with Gasteiger partial charge in [0.25, 0.3) is 0 Å². The Balaban J connectivity index is 1.68. The minimum Gasteiger partial charge on any atom is -0.366 e. The first-order chi connectivity index (χ1) is 9.69. The van der Waals surface area contributed by atoms with E-state index in [1.54, 1.807) is 6.07 Å². The van der Waals surface area contributed by atoms with Crippen molar-refractivity contribution in [2.45, 2.75) is 25.8 Å². The van der Waals surface area contributed by atoms with E-state index in [2.05, 4.69) is 43.3 Å². The molecule has 0 aliphatic heterocycles. The molecule has 1 saturated carbocycles. The number of rotatable bonds is 5. The van der Waals surface area contributed by atoms with Crippen molar-refractivity contribution in [1.82, 2.24) is 9.97 Å². The van der Waals surface area contributed by atoms with E-state index in [-0.39, 0.29) is 0 Å². The molecule has 3 rings (SSSR count). The second-order valence-corrected chi connectivity index (χ2v) is 6.43. The van der Waals surface area contributed by atoms with Crippen LogP contribution in [0.3, 0.4) is 0 Å². The lowest BCUT2D eigenvalue weighted by atomic mass is 10.2. The largest absolute Gasteiger partial charge is 0.366 e. The summed E-state index contributed by atoms with van der Waals surface area (Å²) in [6.45, 7) is 0.718. The van der Waals surface area contributed by atoms with Gasteiger partial charge in [-0.2, -0.15) is 0 Å². The average Bonchev–Trinajstić information content (AvgIpc) is 3.20. The molecule has 0 spiro atoms. The highest BCUT2D eigenvalue weighted by atomic mass is 79.9. The molecule has 1 aromatic heterocycles. The minimum atomic E-state index is 0.507. The Bertz CT molecular complexity index is 614. The molecule has 1 aliphatic carbocycles. The molecule has 1 N–H and O–H groups in total. The third-order valence-corrected chi connectivity index (χ3v) is 3.96. The van der Waals surface area contributed by atoms with E-state index in [0.29, 0.717) is 5.15 Å². The molecule has 2 aromatic rings. The van der Waals surface area contributed by atoms with E-state index in [1.807, 2.05) is 12.1 Å². The van der Waals surface area contributed by atoms with Crippen LogP contribution in [0, 0.1) is 5.92 Å².